The van der Waals surface area contributed by atoms with Crippen molar-refractivity contribution in [2.45, 2.75) is 55.7 Å². The van der Waals surface area contributed by atoms with Gasteiger partial charge in [0.1, 0.15) is 4.21 Å². The van der Waals surface area contributed by atoms with E-state index in [0.29, 0.717) is 10.8 Å². The van der Waals surface area contributed by atoms with Crippen LogP contribution >= 0.6 is 35.3 Å². The number of nitrogens with one attached hydrogen (secondary N) is 2. The Balaban J connectivity index is 0.00000364. The lowest BCUT2D eigenvalue weighted by Crippen LogP contribution is -2.37. The molecule has 2 rings (SSSR count). The minimum atomic E-state index is -3.35. The number of sulfonamides is 1. The molecule has 0 aromatic carbocycles. The molecule has 156 valence electrons. The topological polar surface area (TPSA) is 73.8 Å². The summed E-state index contributed by atoms with van der Waals surface area (Å²) in [6.07, 6.45) is 9.45. The molecule has 0 spiro atoms. The molecule has 1 fully saturated rings. The van der Waals surface area contributed by atoms with E-state index in [9.17, 15) is 8.42 Å². The Morgan fingerprint density at radius 1 is 1.22 bits per heavy atom. The Kier molecular flexibility index (Phi) is 11.2. The number of thiophene rings is 1. The van der Waals surface area contributed by atoms with Crippen LogP contribution in [0.2, 0.25) is 0 Å². The average molecular weight is 529 g/mol. The maximum Gasteiger partial charge on any atom is 0.252 e. The van der Waals surface area contributed by atoms with E-state index < -0.39 is 10.0 Å². The number of nitrogens with zero attached hydrogens (tertiary/aromatic N) is 2. The smallest absolute Gasteiger partial charge is 0.252 e. The van der Waals surface area contributed by atoms with Crippen LogP contribution in [0, 0.1) is 5.92 Å². The van der Waals surface area contributed by atoms with Crippen LogP contribution in [0.3, 0.4) is 0 Å². The van der Waals surface area contributed by atoms with Crippen molar-refractivity contribution in [3.63, 3.8) is 0 Å². The fourth-order valence-electron chi connectivity index (χ4n) is 3.23. The third-order valence-corrected chi connectivity index (χ3v) is 8.20. The van der Waals surface area contributed by atoms with Crippen molar-refractivity contribution in [3.8, 4) is 0 Å². The van der Waals surface area contributed by atoms with Crippen molar-refractivity contribution in [3.05, 3.63) is 17.0 Å². The molecule has 1 aliphatic carbocycles. The molecule has 0 amide bonds. The molecule has 0 bridgehead atoms. The summed E-state index contributed by atoms with van der Waals surface area (Å²) < 4.78 is 25.8. The van der Waals surface area contributed by atoms with E-state index in [1.165, 1.54) is 54.2 Å². The summed E-state index contributed by atoms with van der Waals surface area (Å²) >= 11 is 1.29. The fraction of sp³-hybridized carbons (Fsp3) is 0.722. The molecule has 0 saturated heterocycles. The molecule has 1 heterocycles. The maximum absolute atomic E-state index is 12.1. The monoisotopic (exact) mass is 528 g/mol. The predicted molar refractivity (Wildman–Crippen MR) is 125 cm³/mol. The maximum atomic E-state index is 12.1. The molecule has 0 radical (unpaired) electrons. The van der Waals surface area contributed by atoms with Gasteiger partial charge in [0.05, 0.1) is 6.54 Å². The Hall–Kier alpha value is -0.390. The molecule has 1 aliphatic rings. The summed E-state index contributed by atoms with van der Waals surface area (Å²) in [5.41, 5.74) is 0. The van der Waals surface area contributed by atoms with Gasteiger partial charge in [-0.1, -0.05) is 38.5 Å². The van der Waals surface area contributed by atoms with Gasteiger partial charge in [-0.2, -0.15) is 0 Å². The number of halogens is 1. The minimum Gasteiger partial charge on any atom is -0.356 e. The SMILES string of the molecule is CN=C(NCCCCC1CCCC1)NCc1ccc(S(=O)(=O)N(C)C)s1.I. The van der Waals surface area contributed by atoms with Gasteiger partial charge in [-0.05, 0) is 24.5 Å². The standard InChI is InChI=1S/C18H32N4O2S2.HI/c1-19-18(20-13-7-6-10-15-8-4-5-9-15)21-14-16-11-12-17(25-16)26(23,24)22(2)3;/h11-12,15H,4-10,13-14H2,1-3H3,(H2,19,20,21);1H. The highest BCUT2D eigenvalue weighted by molar-refractivity contribution is 14.0. The van der Waals surface area contributed by atoms with Crippen LogP contribution in [-0.4, -0.2) is 46.4 Å². The Bertz CT molecular complexity index is 683. The molecule has 27 heavy (non-hydrogen) atoms. The highest BCUT2D eigenvalue weighted by atomic mass is 127. The summed E-state index contributed by atoms with van der Waals surface area (Å²) in [6.45, 7) is 1.48. The number of aliphatic imine (C=N–C) groups is 1. The van der Waals surface area contributed by atoms with E-state index in [-0.39, 0.29) is 24.0 Å². The van der Waals surface area contributed by atoms with Crippen molar-refractivity contribution in [1.29, 1.82) is 0 Å². The number of guanidine groups is 1. The molecular weight excluding hydrogens is 495 g/mol. The number of rotatable bonds is 9. The summed E-state index contributed by atoms with van der Waals surface area (Å²) in [7, 11) is 1.50. The van der Waals surface area contributed by atoms with Gasteiger partial charge in [-0.25, -0.2) is 12.7 Å². The van der Waals surface area contributed by atoms with E-state index in [1.54, 1.807) is 27.2 Å². The lowest BCUT2D eigenvalue weighted by Gasteiger charge is -2.12. The molecule has 1 saturated carbocycles. The third-order valence-electron chi connectivity index (χ3n) is 4.83. The largest absolute Gasteiger partial charge is 0.356 e. The number of unbranched alkanes of at least 4 members (excludes halogenated alkanes) is 1. The third kappa shape index (κ3) is 7.86. The van der Waals surface area contributed by atoms with E-state index >= 15 is 0 Å². The van der Waals surface area contributed by atoms with Crippen molar-refractivity contribution < 1.29 is 8.42 Å². The Morgan fingerprint density at radius 3 is 2.56 bits per heavy atom. The lowest BCUT2D eigenvalue weighted by molar-refractivity contribution is 0.472. The van der Waals surface area contributed by atoms with Crippen LogP contribution in [0.1, 0.15) is 49.8 Å². The van der Waals surface area contributed by atoms with Crippen LogP contribution in [0.5, 0.6) is 0 Å². The van der Waals surface area contributed by atoms with Gasteiger partial charge in [-0.15, -0.1) is 35.3 Å². The van der Waals surface area contributed by atoms with Crippen molar-refractivity contribution in [1.82, 2.24) is 14.9 Å². The second-order valence-electron chi connectivity index (χ2n) is 7.01. The highest BCUT2D eigenvalue weighted by Crippen LogP contribution is 2.28. The molecule has 1 aromatic heterocycles. The number of hydrogen-bond donors (Lipinski definition) is 2. The first kappa shape index (κ1) is 24.6. The minimum absolute atomic E-state index is 0. The van der Waals surface area contributed by atoms with Crippen LogP contribution < -0.4 is 10.6 Å². The summed E-state index contributed by atoms with van der Waals surface area (Å²) in [6, 6.07) is 3.51. The van der Waals surface area contributed by atoms with Crippen LogP contribution in [-0.2, 0) is 16.6 Å². The van der Waals surface area contributed by atoms with Gasteiger partial charge in [-0.3, -0.25) is 4.99 Å². The van der Waals surface area contributed by atoms with E-state index in [0.717, 1.165) is 29.7 Å². The van der Waals surface area contributed by atoms with Crippen molar-refractivity contribution >= 4 is 51.3 Å². The van der Waals surface area contributed by atoms with Crippen LogP contribution in [0.25, 0.3) is 0 Å². The zero-order chi connectivity index (χ0) is 19.0. The average Bonchev–Trinajstić information content (AvgIpc) is 3.29. The molecule has 0 aliphatic heterocycles. The number of hydrogen-bond acceptors (Lipinski definition) is 4. The molecule has 0 unspecified atom stereocenters. The first-order chi connectivity index (χ1) is 12.4. The zero-order valence-electron chi connectivity index (χ0n) is 16.5. The molecule has 1 aromatic rings. The van der Waals surface area contributed by atoms with Gasteiger partial charge in [0.2, 0.25) is 0 Å². The van der Waals surface area contributed by atoms with E-state index in [1.807, 2.05) is 6.07 Å². The second-order valence-corrected chi connectivity index (χ2v) is 10.6. The molecule has 6 nitrogen and oxygen atoms in total. The molecule has 0 atom stereocenters. The van der Waals surface area contributed by atoms with Gasteiger partial charge in [0.25, 0.3) is 10.0 Å². The van der Waals surface area contributed by atoms with Gasteiger partial charge < -0.3 is 10.6 Å². The lowest BCUT2D eigenvalue weighted by atomic mass is 10.0. The highest BCUT2D eigenvalue weighted by Gasteiger charge is 2.19. The molecule has 9 heteroatoms. The summed E-state index contributed by atoms with van der Waals surface area (Å²) in [5, 5.41) is 6.59. The van der Waals surface area contributed by atoms with Crippen LogP contribution in [0.15, 0.2) is 21.3 Å². The second kappa shape index (κ2) is 12.2. The first-order valence-corrected chi connectivity index (χ1v) is 11.6. The van der Waals surface area contributed by atoms with Gasteiger partial charge >= 0.3 is 0 Å². The van der Waals surface area contributed by atoms with E-state index in [2.05, 4.69) is 15.6 Å². The summed E-state index contributed by atoms with van der Waals surface area (Å²) in [5.74, 6) is 1.72. The predicted octanol–water partition coefficient (Wildman–Crippen LogP) is 3.64. The van der Waals surface area contributed by atoms with Crippen molar-refractivity contribution in [2.75, 3.05) is 27.7 Å². The first-order valence-electron chi connectivity index (χ1n) is 9.39. The van der Waals surface area contributed by atoms with E-state index in [4.69, 9.17) is 0 Å². The zero-order valence-corrected chi connectivity index (χ0v) is 20.5. The molecular formula is C18H33IN4O2S2. The Morgan fingerprint density at radius 2 is 1.93 bits per heavy atom. The van der Waals surface area contributed by atoms with Crippen LogP contribution in [0.4, 0.5) is 0 Å². The normalized spacial score (nSPS) is 15.8. The quantitative estimate of drug-likeness (QED) is 0.222. The van der Waals surface area contributed by atoms with Gasteiger partial charge in [0, 0.05) is 32.6 Å². The Labute approximate surface area is 185 Å². The van der Waals surface area contributed by atoms with Crippen molar-refractivity contribution in [2.24, 2.45) is 10.9 Å². The molecule has 2 N–H and O–H groups in total. The summed E-state index contributed by atoms with van der Waals surface area (Å²) in [4.78, 5) is 5.20. The fourth-order valence-corrected chi connectivity index (χ4v) is 5.69. The van der Waals surface area contributed by atoms with Gasteiger partial charge in [0.15, 0.2) is 5.96 Å².